The lowest BCUT2D eigenvalue weighted by Gasteiger charge is -2.08. The highest BCUT2D eigenvalue weighted by Crippen LogP contribution is 2.28. The molecule has 0 saturated heterocycles. The summed E-state index contributed by atoms with van der Waals surface area (Å²) in [5, 5.41) is 4.01. The molecule has 0 aliphatic carbocycles. The van der Waals surface area contributed by atoms with E-state index in [1.54, 1.807) is 17.4 Å². The number of aryl methyl sites for hydroxylation is 1. The van der Waals surface area contributed by atoms with Crippen LogP contribution in [0.5, 0.6) is 0 Å². The summed E-state index contributed by atoms with van der Waals surface area (Å²) in [5.41, 5.74) is 5.65. The number of hydrogen-bond acceptors (Lipinski definition) is 4. The molecule has 2 heterocycles. The van der Waals surface area contributed by atoms with Gasteiger partial charge in [0, 0.05) is 9.75 Å². The van der Waals surface area contributed by atoms with Crippen LogP contribution in [0.25, 0.3) is 0 Å². The third-order valence-corrected chi connectivity index (χ3v) is 4.27. The van der Waals surface area contributed by atoms with E-state index in [9.17, 15) is 0 Å². The van der Waals surface area contributed by atoms with Gasteiger partial charge in [0.25, 0.3) is 0 Å². The van der Waals surface area contributed by atoms with E-state index in [-0.39, 0.29) is 5.82 Å². The molecule has 0 aromatic carbocycles. The van der Waals surface area contributed by atoms with Crippen molar-refractivity contribution in [3.63, 3.8) is 0 Å². The van der Waals surface area contributed by atoms with Crippen LogP contribution in [0.15, 0.2) is 18.2 Å². The average molecular weight is 302 g/mol. The van der Waals surface area contributed by atoms with Crippen molar-refractivity contribution in [1.29, 1.82) is 0 Å². The van der Waals surface area contributed by atoms with Crippen LogP contribution in [0.2, 0.25) is 10.0 Å². The van der Waals surface area contributed by atoms with Crippen molar-refractivity contribution in [2.45, 2.75) is 19.9 Å². The molecule has 0 unspecified atom stereocenters. The number of thiophene rings is 1. The van der Waals surface area contributed by atoms with E-state index in [1.807, 2.05) is 0 Å². The summed E-state index contributed by atoms with van der Waals surface area (Å²) in [6.45, 7) is 2.82. The Balaban J connectivity index is 2.08. The minimum absolute atomic E-state index is 0.281. The maximum absolute atomic E-state index is 6.04. The SMILES string of the molecule is CCc1ccc(CNc2nc(N)c(Cl)cc2Cl)s1. The average Bonchev–Trinajstić information content (AvgIpc) is 2.80. The normalized spacial score (nSPS) is 10.6. The van der Waals surface area contributed by atoms with Crippen molar-refractivity contribution >= 4 is 46.2 Å². The Hall–Kier alpha value is -0.970. The van der Waals surface area contributed by atoms with Gasteiger partial charge in [-0.3, -0.25) is 0 Å². The Morgan fingerprint density at radius 3 is 2.67 bits per heavy atom. The van der Waals surface area contributed by atoms with Crippen molar-refractivity contribution < 1.29 is 0 Å². The number of nitrogens with one attached hydrogen (secondary N) is 1. The molecule has 3 nitrogen and oxygen atoms in total. The monoisotopic (exact) mass is 301 g/mol. The summed E-state index contributed by atoms with van der Waals surface area (Å²) >= 11 is 13.6. The first-order chi connectivity index (χ1) is 8.60. The molecule has 2 aromatic rings. The molecule has 6 heteroatoms. The fraction of sp³-hybridized carbons (Fsp3) is 0.250. The first kappa shape index (κ1) is 13.5. The molecule has 18 heavy (non-hydrogen) atoms. The highest BCUT2D eigenvalue weighted by molar-refractivity contribution is 7.12. The molecular formula is C12H13Cl2N3S. The van der Waals surface area contributed by atoms with Crippen LogP contribution in [0.3, 0.4) is 0 Å². The molecule has 96 valence electrons. The summed E-state index contributed by atoms with van der Waals surface area (Å²) in [7, 11) is 0. The fourth-order valence-electron chi connectivity index (χ4n) is 1.48. The maximum Gasteiger partial charge on any atom is 0.147 e. The van der Waals surface area contributed by atoms with Crippen LogP contribution in [-0.2, 0) is 13.0 Å². The molecule has 2 rings (SSSR count). The van der Waals surface area contributed by atoms with Crippen molar-refractivity contribution in [2.75, 3.05) is 11.1 Å². The van der Waals surface area contributed by atoms with Gasteiger partial charge >= 0.3 is 0 Å². The van der Waals surface area contributed by atoms with Gasteiger partial charge in [0.2, 0.25) is 0 Å². The quantitative estimate of drug-likeness (QED) is 0.889. The van der Waals surface area contributed by atoms with Gasteiger partial charge in [-0.15, -0.1) is 11.3 Å². The van der Waals surface area contributed by atoms with Gasteiger partial charge in [-0.1, -0.05) is 30.1 Å². The Bertz CT molecular complexity index is 554. The van der Waals surface area contributed by atoms with Gasteiger partial charge in [-0.25, -0.2) is 4.98 Å². The van der Waals surface area contributed by atoms with E-state index < -0.39 is 0 Å². The van der Waals surface area contributed by atoms with Gasteiger partial charge in [0.1, 0.15) is 11.6 Å². The predicted molar refractivity (Wildman–Crippen MR) is 79.7 cm³/mol. The number of nitrogens with zero attached hydrogens (tertiary/aromatic N) is 1. The van der Waals surface area contributed by atoms with Crippen LogP contribution in [0.4, 0.5) is 11.6 Å². The highest BCUT2D eigenvalue weighted by atomic mass is 35.5. The van der Waals surface area contributed by atoms with E-state index in [4.69, 9.17) is 28.9 Å². The van der Waals surface area contributed by atoms with Gasteiger partial charge < -0.3 is 11.1 Å². The Labute approximate surface area is 120 Å². The van der Waals surface area contributed by atoms with Gasteiger partial charge in [-0.2, -0.15) is 0 Å². The van der Waals surface area contributed by atoms with Crippen molar-refractivity contribution in [2.24, 2.45) is 0 Å². The number of pyridine rings is 1. The van der Waals surface area contributed by atoms with Gasteiger partial charge in [-0.05, 0) is 24.6 Å². The predicted octanol–water partition coefficient (Wildman–Crippen LogP) is 4.21. The molecule has 0 radical (unpaired) electrons. The van der Waals surface area contributed by atoms with E-state index in [0.29, 0.717) is 22.4 Å². The van der Waals surface area contributed by atoms with Crippen molar-refractivity contribution in [1.82, 2.24) is 4.98 Å². The first-order valence-electron chi connectivity index (χ1n) is 5.53. The molecule has 0 amide bonds. The standard InChI is InChI=1S/C12H13Cl2N3S/c1-2-7-3-4-8(18-7)6-16-12-10(14)5-9(13)11(15)17-12/h3-5H,2,6H2,1H3,(H3,15,16,17). The zero-order valence-electron chi connectivity index (χ0n) is 9.84. The summed E-state index contributed by atoms with van der Waals surface area (Å²) < 4.78 is 0. The van der Waals surface area contributed by atoms with Crippen LogP contribution < -0.4 is 11.1 Å². The number of halogens is 2. The van der Waals surface area contributed by atoms with E-state index in [2.05, 4.69) is 29.4 Å². The van der Waals surface area contributed by atoms with E-state index in [0.717, 1.165) is 6.42 Å². The van der Waals surface area contributed by atoms with Crippen LogP contribution >= 0.6 is 34.5 Å². The van der Waals surface area contributed by atoms with Crippen LogP contribution in [0, 0.1) is 0 Å². The highest BCUT2D eigenvalue weighted by Gasteiger charge is 2.07. The van der Waals surface area contributed by atoms with Crippen LogP contribution in [0.1, 0.15) is 16.7 Å². The van der Waals surface area contributed by atoms with Gasteiger partial charge in [0.15, 0.2) is 0 Å². The lowest BCUT2D eigenvalue weighted by molar-refractivity contribution is 1.14. The van der Waals surface area contributed by atoms with Crippen molar-refractivity contribution in [3.8, 4) is 0 Å². The third kappa shape index (κ3) is 3.07. The Morgan fingerprint density at radius 2 is 2.00 bits per heavy atom. The maximum atomic E-state index is 6.04. The number of nitrogens with two attached hydrogens (primary N) is 1. The molecule has 0 saturated carbocycles. The summed E-state index contributed by atoms with van der Waals surface area (Å²) in [6, 6.07) is 5.83. The largest absolute Gasteiger partial charge is 0.382 e. The Kier molecular flexibility index (Phi) is 4.32. The minimum Gasteiger partial charge on any atom is -0.382 e. The number of rotatable bonds is 4. The molecule has 0 bridgehead atoms. The molecule has 0 spiro atoms. The Morgan fingerprint density at radius 1 is 1.28 bits per heavy atom. The van der Waals surface area contributed by atoms with E-state index >= 15 is 0 Å². The van der Waals surface area contributed by atoms with E-state index in [1.165, 1.54) is 9.75 Å². The topological polar surface area (TPSA) is 50.9 Å². The second-order valence-electron chi connectivity index (χ2n) is 3.76. The fourth-order valence-corrected chi connectivity index (χ4v) is 2.81. The second kappa shape index (κ2) is 5.78. The number of hydrogen-bond donors (Lipinski definition) is 2. The molecule has 0 aliphatic heterocycles. The number of anilines is 2. The first-order valence-corrected chi connectivity index (χ1v) is 7.10. The summed E-state index contributed by atoms with van der Waals surface area (Å²) in [4.78, 5) is 6.72. The molecule has 0 atom stereocenters. The molecular weight excluding hydrogens is 289 g/mol. The minimum atomic E-state index is 0.281. The lowest BCUT2D eigenvalue weighted by Crippen LogP contribution is -2.03. The number of aromatic nitrogens is 1. The molecule has 0 fully saturated rings. The number of nitrogen functional groups attached to an aromatic ring is 1. The van der Waals surface area contributed by atoms with Gasteiger partial charge in [0.05, 0.1) is 16.6 Å². The third-order valence-electron chi connectivity index (χ3n) is 2.45. The summed E-state index contributed by atoms with van der Waals surface area (Å²) in [5.74, 6) is 0.842. The van der Waals surface area contributed by atoms with Crippen molar-refractivity contribution in [3.05, 3.63) is 38.0 Å². The molecule has 2 aromatic heterocycles. The molecule has 3 N–H and O–H groups in total. The molecule has 0 aliphatic rings. The zero-order valence-corrected chi connectivity index (χ0v) is 12.2. The lowest BCUT2D eigenvalue weighted by atomic mass is 10.3. The summed E-state index contributed by atoms with van der Waals surface area (Å²) in [6.07, 6.45) is 1.05. The second-order valence-corrected chi connectivity index (χ2v) is 5.83. The zero-order chi connectivity index (χ0) is 13.1. The van der Waals surface area contributed by atoms with Crippen LogP contribution in [-0.4, -0.2) is 4.98 Å². The smallest absolute Gasteiger partial charge is 0.147 e.